The van der Waals surface area contributed by atoms with Crippen molar-refractivity contribution in [1.29, 1.82) is 0 Å². The Morgan fingerprint density at radius 3 is 2.50 bits per heavy atom. The van der Waals surface area contributed by atoms with E-state index in [0.29, 0.717) is 23.8 Å². The highest BCUT2D eigenvalue weighted by atomic mass is 16.5. The molecule has 6 heteroatoms. The number of Topliss-reactive ketones (excluding diaryl/α,β-unsaturated/α-hetero) is 1. The Kier molecular flexibility index (Phi) is 6.77. The summed E-state index contributed by atoms with van der Waals surface area (Å²) in [5.74, 6) is -0.452. The van der Waals surface area contributed by atoms with Gasteiger partial charge < -0.3 is 14.7 Å². The van der Waals surface area contributed by atoms with Gasteiger partial charge in [0, 0.05) is 24.5 Å². The average molecular weight is 457 g/mol. The number of carbonyl (C=O) groups is 2. The third-order valence-corrected chi connectivity index (χ3v) is 5.77. The molecule has 4 rings (SSSR count). The Hall–Kier alpha value is -3.93. The number of pyridine rings is 1. The number of carbonyl (C=O) groups excluding carboxylic acids is 2. The summed E-state index contributed by atoms with van der Waals surface area (Å²) in [6.07, 6.45) is 3.32. The Balaban J connectivity index is 1.78. The molecule has 1 fully saturated rings. The number of ketones is 1. The predicted molar refractivity (Wildman–Crippen MR) is 130 cm³/mol. The second kappa shape index (κ2) is 9.91. The van der Waals surface area contributed by atoms with Gasteiger partial charge in [0.15, 0.2) is 0 Å². The summed E-state index contributed by atoms with van der Waals surface area (Å²) in [5.41, 5.74) is 2.88. The summed E-state index contributed by atoms with van der Waals surface area (Å²) in [4.78, 5) is 31.9. The Labute approximate surface area is 199 Å². The largest absolute Gasteiger partial charge is 0.507 e. The number of aliphatic hydroxyl groups excluding tert-OH is 1. The number of hydrogen-bond acceptors (Lipinski definition) is 5. The highest BCUT2D eigenvalue weighted by molar-refractivity contribution is 6.46. The van der Waals surface area contributed by atoms with E-state index in [2.05, 4.69) is 18.8 Å². The minimum atomic E-state index is -0.710. The summed E-state index contributed by atoms with van der Waals surface area (Å²) >= 11 is 0. The third kappa shape index (κ3) is 4.71. The molecule has 0 spiro atoms. The molecule has 1 saturated heterocycles. The predicted octanol–water partition coefficient (Wildman–Crippen LogP) is 5.05. The van der Waals surface area contributed by atoms with Gasteiger partial charge in [0.2, 0.25) is 0 Å². The van der Waals surface area contributed by atoms with Crippen molar-refractivity contribution in [2.24, 2.45) is 5.92 Å². The van der Waals surface area contributed by atoms with Crippen LogP contribution in [0.4, 0.5) is 0 Å². The average Bonchev–Trinajstić information content (AvgIpc) is 3.08. The first-order valence-electron chi connectivity index (χ1n) is 11.3. The second-order valence-corrected chi connectivity index (χ2v) is 8.88. The maximum atomic E-state index is 13.2. The van der Waals surface area contributed by atoms with Gasteiger partial charge in [-0.1, -0.05) is 50.2 Å². The van der Waals surface area contributed by atoms with Crippen molar-refractivity contribution in [2.45, 2.75) is 33.4 Å². The van der Waals surface area contributed by atoms with E-state index in [1.54, 1.807) is 30.6 Å². The van der Waals surface area contributed by atoms with E-state index < -0.39 is 17.7 Å². The smallest absolute Gasteiger partial charge is 0.295 e. The number of amides is 1. The Morgan fingerprint density at radius 1 is 1.09 bits per heavy atom. The highest BCUT2D eigenvalue weighted by Crippen LogP contribution is 2.40. The maximum Gasteiger partial charge on any atom is 0.295 e. The molecule has 3 aromatic rings. The molecule has 6 nitrogen and oxygen atoms in total. The van der Waals surface area contributed by atoms with Gasteiger partial charge in [-0.3, -0.25) is 14.6 Å². The van der Waals surface area contributed by atoms with Crippen LogP contribution in [0.5, 0.6) is 5.75 Å². The number of ether oxygens (including phenoxy) is 1. The van der Waals surface area contributed by atoms with Crippen molar-refractivity contribution >= 4 is 17.4 Å². The lowest BCUT2D eigenvalue weighted by atomic mass is 9.94. The first kappa shape index (κ1) is 23.2. The lowest BCUT2D eigenvalue weighted by Crippen LogP contribution is -2.29. The molecule has 0 bridgehead atoms. The monoisotopic (exact) mass is 456 g/mol. The lowest BCUT2D eigenvalue weighted by Gasteiger charge is -2.25. The molecule has 2 heterocycles. The standard InChI is InChI=1S/C28H28N2O4/c1-18(2)17-34-22-11-12-23(19(3)14-22)26(31)24-25(21-9-5-4-6-10-21)30(28(33)27(24)32)16-20-8-7-13-29-15-20/h4-15,18,25,31H,16-17H2,1-3H3/b26-24+. The maximum absolute atomic E-state index is 13.2. The number of nitrogens with zero attached hydrogens (tertiary/aromatic N) is 2. The van der Waals surface area contributed by atoms with Crippen LogP contribution < -0.4 is 4.74 Å². The summed E-state index contributed by atoms with van der Waals surface area (Å²) in [6, 6.07) is 17.6. The van der Waals surface area contributed by atoms with E-state index in [0.717, 1.165) is 16.7 Å². The van der Waals surface area contributed by atoms with Crippen LogP contribution in [0.25, 0.3) is 5.76 Å². The van der Waals surface area contributed by atoms with E-state index in [1.165, 1.54) is 4.90 Å². The van der Waals surface area contributed by atoms with E-state index in [-0.39, 0.29) is 17.9 Å². The molecule has 1 amide bonds. The van der Waals surface area contributed by atoms with Gasteiger partial charge in [-0.25, -0.2) is 0 Å². The van der Waals surface area contributed by atoms with Gasteiger partial charge in [-0.15, -0.1) is 0 Å². The number of benzene rings is 2. The van der Waals surface area contributed by atoms with Gasteiger partial charge >= 0.3 is 0 Å². The van der Waals surface area contributed by atoms with Crippen LogP contribution in [0.2, 0.25) is 0 Å². The van der Waals surface area contributed by atoms with Gasteiger partial charge in [0.1, 0.15) is 11.5 Å². The number of hydrogen-bond donors (Lipinski definition) is 1. The van der Waals surface area contributed by atoms with Crippen molar-refractivity contribution < 1.29 is 19.4 Å². The molecular formula is C28H28N2O4. The topological polar surface area (TPSA) is 79.7 Å². The van der Waals surface area contributed by atoms with Gasteiger partial charge in [-0.05, 0) is 53.8 Å². The van der Waals surface area contributed by atoms with Crippen molar-refractivity contribution in [2.75, 3.05) is 6.61 Å². The molecule has 174 valence electrons. The van der Waals surface area contributed by atoms with Gasteiger partial charge in [-0.2, -0.15) is 0 Å². The summed E-state index contributed by atoms with van der Waals surface area (Å²) in [7, 11) is 0. The van der Waals surface area contributed by atoms with Crippen LogP contribution in [0.15, 0.2) is 78.6 Å². The fourth-order valence-corrected chi connectivity index (χ4v) is 4.11. The second-order valence-electron chi connectivity index (χ2n) is 8.88. The first-order valence-corrected chi connectivity index (χ1v) is 11.3. The van der Waals surface area contributed by atoms with Crippen LogP contribution in [0.3, 0.4) is 0 Å². The zero-order chi connectivity index (χ0) is 24.2. The van der Waals surface area contributed by atoms with E-state index >= 15 is 0 Å². The van der Waals surface area contributed by atoms with Crippen LogP contribution in [-0.4, -0.2) is 33.3 Å². The van der Waals surface area contributed by atoms with Crippen molar-refractivity contribution in [3.63, 3.8) is 0 Å². The summed E-state index contributed by atoms with van der Waals surface area (Å²) < 4.78 is 5.79. The molecule has 1 atom stereocenters. The molecule has 34 heavy (non-hydrogen) atoms. The number of aromatic nitrogens is 1. The fraction of sp³-hybridized carbons (Fsp3) is 0.250. The summed E-state index contributed by atoms with van der Waals surface area (Å²) in [6.45, 7) is 6.77. The molecule has 1 aromatic heterocycles. The van der Waals surface area contributed by atoms with Crippen molar-refractivity contribution in [3.8, 4) is 5.75 Å². The number of likely N-dealkylation sites (tertiary alicyclic amines) is 1. The van der Waals surface area contributed by atoms with E-state index in [1.807, 2.05) is 49.4 Å². The zero-order valence-electron chi connectivity index (χ0n) is 19.6. The fourth-order valence-electron chi connectivity index (χ4n) is 4.11. The van der Waals surface area contributed by atoms with Crippen LogP contribution in [0.1, 0.15) is 42.1 Å². The molecule has 0 radical (unpaired) electrons. The van der Waals surface area contributed by atoms with Crippen molar-refractivity contribution in [1.82, 2.24) is 9.88 Å². The Bertz CT molecular complexity index is 1220. The van der Waals surface area contributed by atoms with Crippen LogP contribution in [0, 0.1) is 12.8 Å². The number of aryl methyl sites for hydroxylation is 1. The highest BCUT2D eigenvalue weighted by Gasteiger charge is 2.46. The minimum absolute atomic E-state index is 0.0824. The van der Waals surface area contributed by atoms with Crippen molar-refractivity contribution in [3.05, 3.63) is 101 Å². The first-order chi connectivity index (χ1) is 16.4. The minimum Gasteiger partial charge on any atom is -0.507 e. The van der Waals surface area contributed by atoms with Crippen LogP contribution >= 0.6 is 0 Å². The SMILES string of the molecule is Cc1cc(OCC(C)C)ccc1/C(O)=C1\C(=O)C(=O)N(Cc2cccnc2)C1c1ccccc1. The lowest BCUT2D eigenvalue weighted by molar-refractivity contribution is -0.140. The molecule has 1 aliphatic rings. The van der Waals surface area contributed by atoms with Crippen LogP contribution in [-0.2, 0) is 16.1 Å². The molecule has 1 aliphatic heterocycles. The molecule has 2 aromatic carbocycles. The molecule has 1 N–H and O–H groups in total. The molecule has 0 aliphatic carbocycles. The quantitative estimate of drug-likeness (QED) is 0.306. The Morgan fingerprint density at radius 2 is 1.85 bits per heavy atom. The van der Waals surface area contributed by atoms with E-state index in [9.17, 15) is 14.7 Å². The number of aliphatic hydroxyl groups is 1. The molecular weight excluding hydrogens is 428 g/mol. The molecule has 0 saturated carbocycles. The van der Waals surface area contributed by atoms with E-state index in [4.69, 9.17) is 4.74 Å². The number of rotatable bonds is 7. The zero-order valence-corrected chi connectivity index (χ0v) is 19.6. The normalized spacial score (nSPS) is 17.4. The van der Waals surface area contributed by atoms with Gasteiger partial charge in [0.05, 0.1) is 18.2 Å². The third-order valence-electron chi connectivity index (χ3n) is 5.77. The molecule has 1 unspecified atom stereocenters. The summed E-state index contributed by atoms with van der Waals surface area (Å²) in [5, 5.41) is 11.3. The van der Waals surface area contributed by atoms with Gasteiger partial charge in [0.25, 0.3) is 11.7 Å².